The van der Waals surface area contributed by atoms with Crippen LogP contribution < -0.4 is 14.5 Å². The first-order valence-corrected chi connectivity index (χ1v) is 12.9. The number of sulfonamides is 1. The third-order valence-electron chi connectivity index (χ3n) is 5.55. The minimum absolute atomic E-state index is 0.0542. The van der Waals surface area contributed by atoms with Crippen molar-refractivity contribution >= 4 is 38.6 Å². The number of carbonyl (C=O) groups is 1. The van der Waals surface area contributed by atoms with E-state index in [9.17, 15) is 13.2 Å². The molecule has 4 aromatic rings. The van der Waals surface area contributed by atoms with Gasteiger partial charge in [-0.05, 0) is 61.0 Å². The number of aryl methyl sites for hydroxylation is 1. The molecule has 0 unspecified atom stereocenters. The van der Waals surface area contributed by atoms with Crippen LogP contribution in [0.2, 0.25) is 0 Å². The molecule has 0 saturated heterocycles. The van der Waals surface area contributed by atoms with E-state index in [0.717, 1.165) is 26.2 Å². The monoisotopic (exact) mass is 501 g/mol. The summed E-state index contributed by atoms with van der Waals surface area (Å²) in [5.74, 6) is 0.000394. The van der Waals surface area contributed by atoms with Crippen LogP contribution in [-0.2, 0) is 14.8 Å². The highest BCUT2D eigenvalue weighted by Gasteiger charge is 2.27. The van der Waals surface area contributed by atoms with Crippen molar-refractivity contribution in [3.63, 3.8) is 0 Å². The number of carbonyl (C=O) groups excluding carboxylic acids is 1. The fourth-order valence-corrected chi connectivity index (χ4v) is 5.15. The molecule has 4 aromatic carbocycles. The molecular formula is C28H27N3O4S. The van der Waals surface area contributed by atoms with Gasteiger partial charge >= 0.3 is 0 Å². The predicted molar refractivity (Wildman–Crippen MR) is 143 cm³/mol. The molecule has 0 aliphatic carbocycles. The van der Waals surface area contributed by atoms with Crippen molar-refractivity contribution < 1.29 is 17.9 Å². The molecule has 4 rings (SSSR count). The van der Waals surface area contributed by atoms with E-state index < -0.39 is 22.5 Å². The van der Waals surface area contributed by atoms with Gasteiger partial charge in [-0.15, -0.1) is 0 Å². The number of nitrogens with one attached hydrogen (secondary N) is 1. The molecular weight excluding hydrogens is 474 g/mol. The fraction of sp³-hybridized carbons (Fsp3) is 0.143. The van der Waals surface area contributed by atoms with Gasteiger partial charge < -0.3 is 4.74 Å². The summed E-state index contributed by atoms with van der Waals surface area (Å²) >= 11 is 0. The first-order chi connectivity index (χ1) is 17.4. The largest absolute Gasteiger partial charge is 0.494 e. The first-order valence-electron chi connectivity index (χ1n) is 11.5. The summed E-state index contributed by atoms with van der Waals surface area (Å²) < 4.78 is 33.6. The second-order valence-electron chi connectivity index (χ2n) is 8.11. The SMILES string of the molecule is CCOc1ccc(S(=O)(=O)N(CC(=O)N/N=C\c2cccc3ccccc23)c2ccc(C)cc2)cc1. The van der Waals surface area contributed by atoms with Crippen LogP contribution in [-0.4, -0.2) is 33.7 Å². The number of nitrogens with zero attached hydrogens (tertiary/aromatic N) is 2. The Kier molecular flexibility index (Phi) is 7.65. The van der Waals surface area contributed by atoms with Gasteiger partial charge in [0.25, 0.3) is 15.9 Å². The molecule has 1 amide bonds. The number of amides is 1. The molecule has 7 nitrogen and oxygen atoms in total. The lowest BCUT2D eigenvalue weighted by atomic mass is 10.1. The van der Waals surface area contributed by atoms with Gasteiger partial charge in [-0.2, -0.15) is 5.10 Å². The Bertz CT molecular complexity index is 1480. The molecule has 0 aliphatic heterocycles. The highest BCUT2D eigenvalue weighted by Crippen LogP contribution is 2.25. The number of benzene rings is 4. The third-order valence-corrected chi connectivity index (χ3v) is 7.34. The zero-order valence-corrected chi connectivity index (χ0v) is 20.9. The fourth-order valence-electron chi connectivity index (χ4n) is 3.73. The van der Waals surface area contributed by atoms with E-state index in [0.29, 0.717) is 18.0 Å². The maximum Gasteiger partial charge on any atom is 0.264 e. The molecule has 0 aromatic heterocycles. The van der Waals surface area contributed by atoms with E-state index >= 15 is 0 Å². The highest BCUT2D eigenvalue weighted by molar-refractivity contribution is 7.92. The van der Waals surface area contributed by atoms with Crippen LogP contribution in [0.1, 0.15) is 18.1 Å². The number of anilines is 1. The van der Waals surface area contributed by atoms with E-state index in [1.807, 2.05) is 56.3 Å². The quantitative estimate of drug-likeness (QED) is 0.261. The van der Waals surface area contributed by atoms with Crippen LogP contribution in [0.15, 0.2) is 101 Å². The molecule has 0 fully saturated rings. The summed E-state index contributed by atoms with van der Waals surface area (Å²) in [6.45, 7) is 3.79. The van der Waals surface area contributed by atoms with Crippen molar-refractivity contribution in [2.24, 2.45) is 5.10 Å². The minimum atomic E-state index is -4.03. The van der Waals surface area contributed by atoms with Crippen molar-refractivity contribution in [2.45, 2.75) is 18.7 Å². The number of fused-ring (bicyclic) bond motifs is 1. The molecule has 1 N–H and O–H groups in total. The maximum atomic E-state index is 13.5. The van der Waals surface area contributed by atoms with Gasteiger partial charge in [-0.1, -0.05) is 60.2 Å². The maximum absolute atomic E-state index is 13.5. The van der Waals surface area contributed by atoms with E-state index in [4.69, 9.17) is 4.74 Å². The summed E-state index contributed by atoms with van der Waals surface area (Å²) in [6, 6.07) is 26.7. The summed E-state index contributed by atoms with van der Waals surface area (Å²) in [5.41, 5.74) is 4.65. The second-order valence-corrected chi connectivity index (χ2v) is 9.98. The van der Waals surface area contributed by atoms with Crippen LogP contribution in [0.25, 0.3) is 10.8 Å². The first kappa shape index (κ1) is 24.9. The van der Waals surface area contributed by atoms with Crippen molar-refractivity contribution in [2.75, 3.05) is 17.5 Å². The Labute approximate surface area is 211 Å². The normalized spacial score (nSPS) is 11.5. The third kappa shape index (κ3) is 5.72. The Hall–Kier alpha value is -4.17. The lowest BCUT2D eigenvalue weighted by molar-refractivity contribution is -0.119. The van der Waals surface area contributed by atoms with Gasteiger partial charge in [0, 0.05) is 5.56 Å². The zero-order valence-electron chi connectivity index (χ0n) is 20.1. The molecule has 0 spiro atoms. The smallest absolute Gasteiger partial charge is 0.264 e. The Morgan fingerprint density at radius 3 is 2.36 bits per heavy atom. The number of hydrazone groups is 1. The number of hydrogen-bond acceptors (Lipinski definition) is 5. The van der Waals surface area contributed by atoms with Crippen molar-refractivity contribution in [1.82, 2.24) is 5.43 Å². The van der Waals surface area contributed by atoms with E-state index in [1.54, 1.807) is 42.6 Å². The molecule has 0 saturated carbocycles. The van der Waals surface area contributed by atoms with Crippen molar-refractivity contribution in [3.8, 4) is 5.75 Å². The minimum Gasteiger partial charge on any atom is -0.494 e. The number of hydrogen-bond donors (Lipinski definition) is 1. The predicted octanol–water partition coefficient (Wildman–Crippen LogP) is 4.89. The number of rotatable bonds is 9. The van der Waals surface area contributed by atoms with Gasteiger partial charge in [0.05, 0.1) is 23.4 Å². The average molecular weight is 502 g/mol. The summed E-state index contributed by atoms with van der Waals surface area (Å²) in [7, 11) is -4.03. The van der Waals surface area contributed by atoms with Crippen LogP contribution in [0.5, 0.6) is 5.75 Å². The molecule has 36 heavy (non-hydrogen) atoms. The summed E-state index contributed by atoms with van der Waals surface area (Å²) in [5, 5.41) is 6.13. The Morgan fingerprint density at radius 1 is 0.944 bits per heavy atom. The summed E-state index contributed by atoms with van der Waals surface area (Å²) in [6.07, 6.45) is 1.55. The lowest BCUT2D eigenvalue weighted by Gasteiger charge is -2.24. The van der Waals surface area contributed by atoms with Crippen LogP contribution in [0, 0.1) is 6.92 Å². The molecule has 0 atom stereocenters. The molecule has 0 heterocycles. The second kappa shape index (κ2) is 11.0. The van der Waals surface area contributed by atoms with Crippen molar-refractivity contribution in [3.05, 3.63) is 102 Å². The topological polar surface area (TPSA) is 88.1 Å². The van der Waals surface area contributed by atoms with Crippen LogP contribution in [0.3, 0.4) is 0 Å². The standard InChI is InChI=1S/C28H27N3O4S/c1-3-35-25-15-17-26(18-16-25)36(33,34)31(24-13-11-21(2)12-14-24)20-28(32)30-29-19-23-9-6-8-22-7-4-5-10-27(22)23/h4-19H,3,20H2,1-2H3,(H,30,32)/b29-19-. The molecule has 0 bridgehead atoms. The molecule has 8 heteroatoms. The van der Waals surface area contributed by atoms with Crippen molar-refractivity contribution in [1.29, 1.82) is 0 Å². The highest BCUT2D eigenvalue weighted by atomic mass is 32.2. The van der Waals surface area contributed by atoms with Gasteiger partial charge in [0.15, 0.2) is 0 Å². The molecule has 0 radical (unpaired) electrons. The van der Waals surface area contributed by atoms with E-state index in [-0.39, 0.29) is 4.90 Å². The zero-order chi connectivity index (χ0) is 25.5. The van der Waals surface area contributed by atoms with Gasteiger partial charge in [0.1, 0.15) is 12.3 Å². The summed E-state index contributed by atoms with van der Waals surface area (Å²) in [4.78, 5) is 12.9. The van der Waals surface area contributed by atoms with Gasteiger partial charge in [0.2, 0.25) is 0 Å². The molecule has 184 valence electrons. The Morgan fingerprint density at radius 2 is 1.64 bits per heavy atom. The van der Waals surface area contributed by atoms with Crippen LogP contribution >= 0.6 is 0 Å². The lowest BCUT2D eigenvalue weighted by Crippen LogP contribution is -2.39. The number of ether oxygens (including phenoxy) is 1. The van der Waals surface area contributed by atoms with E-state index in [1.165, 1.54) is 12.1 Å². The van der Waals surface area contributed by atoms with Gasteiger partial charge in [-0.3, -0.25) is 9.10 Å². The van der Waals surface area contributed by atoms with Gasteiger partial charge in [-0.25, -0.2) is 13.8 Å². The van der Waals surface area contributed by atoms with Crippen LogP contribution in [0.4, 0.5) is 5.69 Å². The Balaban J connectivity index is 1.56. The average Bonchev–Trinajstić information content (AvgIpc) is 2.88. The molecule has 0 aliphatic rings. The van der Waals surface area contributed by atoms with E-state index in [2.05, 4.69) is 10.5 Å².